The number of hydrogen-bond donors (Lipinski definition) is 1. The number of benzene rings is 1. The number of thioether (sulfide) groups is 1. The number of carbonyl (C=O) groups excluding carboxylic acids is 1. The van der Waals surface area contributed by atoms with Crippen molar-refractivity contribution in [3.8, 4) is 0 Å². The highest BCUT2D eigenvalue weighted by atomic mass is 32.2. The number of aromatic nitrogens is 4. The van der Waals surface area contributed by atoms with E-state index >= 15 is 0 Å². The van der Waals surface area contributed by atoms with Gasteiger partial charge in [-0.3, -0.25) is 9.20 Å². The molecule has 9 heteroatoms. The molecule has 3 aromatic heterocycles. The maximum atomic E-state index is 12.7. The van der Waals surface area contributed by atoms with Crippen molar-refractivity contribution in [1.29, 1.82) is 0 Å². The predicted molar refractivity (Wildman–Crippen MR) is 141 cm³/mol. The van der Waals surface area contributed by atoms with Gasteiger partial charge in [0.25, 0.3) is 0 Å². The summed E-state index contributed by atoms with van der Waals surface area (Å²) < 4.78 is 8.06. The fourth-order valence-corrected chi connectivity index (χ4v) is 6.44. The average molecular weight is 510 g/mol. The maximum Gasteiger partial charge on any atom is 0.230 e. The van der Waals surface area contributed by atoms with E-state index in [0.29, 0.717) is 17.5 Å². The van der Waals surface area contributed by atoms with Gasteiger partial charge in [-0.25, -0.2) is 4.98 Å². The molecule has 0 aliphatic carbocycles. The Morgan fingerprint density at radius 1 is 1.29 bits per heavy atom. The summed E-state index contributed by atoms with van der Waals surface area (Å²) in [5.41, 5.74) is 3.18. The molecule has 1 aromatic carbocycles. The Labute approximate surface area is 213 Å². The van der Waals surface area contributed by atoms with Crippen molar-refractivity contribution in [3.05, 3.63) is 52.2 Å². The standard InChI is InChI=1S/C26H31N5O2S2/c1-5-20-28-24-22(18-13-26(3,4)33-14-19(18)35-24)23-29-30-25(31(20)23)34-15-21(32)27-16(2)11-12-17-9-7-6-8-10-17/h6-10,16H,5,11-15H2,1-4H3,(H,27,32). The third-order valence-electron chi connectivity index (χ3n) is 6.38. The van der Waals surface area contributed by atoms with Crippen LogP contribution in [0.3, 0.4) is 0 Å². The lowest BCUT2D eigenvalue weighted by Crippen LogP contribution is -2.34. The number of carbonyl (C=O) groups is 1. The first-order valence-electron chi connectivity index (χ1n) is 12.1. The second-order valence-electron chi connectivity index (χ2n) is 9.71. The predicted octanol–water partition coefficient (Wildman–Crippen LogP) is 4.98. The fraction of sp³-hybridized carbons (Fsp3) is 0.462. The summed E-state index contributed by atoms with van der Waals surface area (Å²) in [6.45, 7) is 8.99. The van der Waals surface area contributed by atoms with Crippen LogP contribution in [0.4, 0.5) is 0 Å². The molecule has 0 saturated carbocycles. The zero-order valence-corrected chi connectivity index (χ0v) is 22.3. The molecule has 1 unspecified atom stereocenters. The van der Waals surface area contributed by atoms with E-state index in [1.165, 1.54) is 27.8 Å². The molecule has 1 atom stereocenters. The van der Waals surface area contributed by atoms with Crippen LogP contribution < -0.4 is 5.32 Å². The Morgan fingerprint density at radius 2 is 2.09 bits per heavy atom. The molecule has 5 rings (SSSR count). The second-order valence-corrected chi connectivity index (χ2v) is 11.7. The van der Waals surface area contributed by atoms with Gasteiger partial charge in [0.1, 0.15) is 10.7 Å². The molecule has 1 aliphatic rings. The van der Waals surface area contributed by atoms with Crippen LogP contribution in [-0.4, -0.2) is 42.9 Å². The van der Waals surface area contributed by atoms with Crippen molar-refractivity contribution >= 4 is 44.9 Å². The number of ether oxygens (including phenoxy) is 1. The molecule has 4 aromatic rings. The average Bonchev–Trinajstić information content (AvgIpc) is 3.41. The molecule has 0 bridgehead atoms. The number of thiophene rings is 1. The van der Waals surface area contributed by atoms with Gasteiger partial charge in [0.2, 0.25) is 5.91 Å². The van der Waals surface area contributed by atoms with Gasteiger partial charge < -0.3 is 10.1 Å². The third-order valence-corrected chi connectivity index (χ3v) is 8.41. The fourth-order valence-electron chi connectivity index (χ4n) is 4.56. The largest absolute Gasteiger partial charge is 0.370 e. The van der Waals surface area contributed by atoms with Crippen LogP contribution in [0, 0.1) is 0 Å². The van der Waals surface area contributed by atoms with E-state index < -0.39 is 0 Å². The topological polar surface area (TPSA) is 81.4 Å². The molecule has 1 aliphatic heterocycles. The number of fused-ring (bicyclic) bond motifs is 5. The van der Waals surface area contributed by atoms with Crippen LogP contribution in [0.2, 0.25) is 0 Å². The molecule has 35 heavy (non-hydrogen) atoms. The van der Waals surface area contributed by atoms with Crippen molar-refractivity contribution < 1.29 is 9.53 Å². The van der Waals surface area contributed by atoms with Crippen molar-refractivity contribution in [1.82, 2.24) is 24.9 Å². The number of nitrogens with zero attached hydrogens (tertiary/aromatic N) is 4. The Kier molecular flexibility index (Phi) is 6.83. The Morgan fingerprint density at radius 3 is 2.86 bits per heavy atom. The van der Waals surface area contributed by atoms with Gasteiger partial charge >= 0.3 is 0 Å². The Balaban J connectivity index is 1.32. The van der Waals surface area contributed by atoms with E-state index in [-0.39, 0.29) is 17.6 Å². The van der Waals surface area contributed by atoms with Gasteiger partial charge in [-0.15, -0.1) is 21.5 Å². The molecule has 1 amide bonds. The first-order chi connectivity index (χ1) is 16.8. The number of aryl methyl sites for hydroxylation is 2. The molecule has 0 saturated heterocycles. The minimum absolute atomic E-state index is 0.00575. The van der Waals surface area contributed by atoms with E-state index in [1.54, 1.807) is 11.3 Å². The van der Waals surface area contributed by atoms with Crippen LogP contribution in [0.5, 0.6) is 0 Å². The van der Waals surface area contributed by atoms with Crippen molar-refractivity contribution in [3.63, 3.8) is 0 Å². The minimum atomic E-state index is -0.214. The SMILES string of the molecule is CCc1nc2sc3c(c2c2nnc(SCC(=O)NC(C)CCc4ccccc4)n12)CC(C)(C)OC3. The first-order valence-corrected chi connectivity index (χ1v) is 13.9. The van der Waals surface area contributed by atoms with Crippen molar-refractivity contribution in [2.24, 2.45) is 0 Å². The summed E-state index contributed by atoms with van der Waals surface area (Å²) in [5.74, 6) is 1.21. The summed E-state index contributed by atoms with van der Waals surface area (Å²) in [7, 11) is 0. The Bertz CT molecular complexity index is 1360. The Hall–Kier alpha value is -2.49. The van der Waals surface area contributed by atoms with Crippen molar-refractivity contribution in [2.45, 2.75) is 76.8 Å². The quantitative estimate of drug-likeness (QED) is 0.337. The zero-order chi connectivity index (χ0) is 24.6. The number of nitrogens with one attached hydrogen (secondary N) is 1. The lowest BCUT2D eigenvalue weighted by atomic mass is 9.94. The van der Waals surface area contributed by atoms with Gasteiger partial charge in [0.05, 0.1) is 23.3 Å². The molecule has 0 radical (unpaired) electrons. The normalized spacial score (nSPS) is 15.9. The monoisotopic (exact) mass is 509 g/mol. The van der Waals surface area contributed by atoms with Crippen LogP contribution in [0.1, 0.15) is 55.9 Å². The van der Waals surface area contributed by atoms with E-state index in [4.69, 9.17) is 9.72 Å². The molecule has 0 fully saturated rings. The maximum absolute atomic E-state index is 12.7. The molecule has 184 valence electrons. The van der Waals surface area contributed by atoms with Crippen LogP contribution in [0.25, 0.3) is 15.9 Å². The summed E-state index contributed by atoms with van der Waals surface area (Å²) in [4.78, 5) is 19.9. The molecule has 7 nitrogen and oxygen atoms in total. The van der Waals surface area contributed by atoms with Gasteiger partial charge in [0, 0.05) is 23.8 Å². The summed E-state index contributed by atoms with van der Waals surface area (Å²) >= 11 is 3.11. The first kappa shape index (κ1) is 24.2. The molecule has 0 spiro atoms. The summed E-state index contributed by atoms with van der Waals surface area (Å²) in [5, 5.41) is 14.0. The second kappa shape index (κ2) is 9.87. The van der Waals surface area contributed by atoms with E-state index in [2.05, 4.69) is 55.3 Å². The summed E-state index contributed by atoms with van der Waals surface area (Å²) in [6, 6.07) is 10.5. The van der Waals surface area contributed by atoms with Crippen LogP contribution in [0.15, 0.2) is 35.5 Å². The van der Waals surface area contributed by atoms with Gasteiger partial charge in [-0.1, -0.05) is 49.0 Å². The highest BCUT2D eigenvalue weighted by molar-refractivity contribution is 7.99. The van der Waals surface area contributed by atoms with Gasteiger partial charge in [-0.05, 0) is 44.7 Å². The number of amides is 1. The van der Waals surface area contributed by atoms with E-state index in [9.17, 15) is 4.79 Å². The lowest BCUT2D eigenvalue weighted by Gasteiger charge is -2.30. The van der Waals surface area contributed by atoms with E-state index in [0.717, 1.165) is 47.4 Å². The summed E-state index contributed by atoms with van der Waals surface area (Å²) in [6.07, 6.45) is 3.42. The highest BCUT2D eigenvalue weighted by Gasteiger charge is 2.31. The van der Waals surface area contributed by atoms with Crippen LogP contribution in [-0.2, 0) is 35.4 Å². The van der Waals surface area contributed by atoms with Crippen molar-refractivity contribution in [2.75, 3.05) is 5.75 Å². The third kappa shape index (κ3) is 5.08. The van der Waals surface area contributed by atoms with Crippen LogP contribution >= 0.6 is 23.1 Å². The van der Waals surface area contributed by atoms with Gasteiger partial charge in [-0.2, -0.15) is 0 Å². The van der Waals surface area contributed by atoms with E-state index in [1.807, 2.05) is 22.6 Å². The number of rotatable bonds is 8. The smallest absolute Gasteiger partial charge is 0.230 e. The number of hydrogen-bond acceptors (Lipinski definition) is 7. The lowest BCUT2D eigenvalue weighted by molar-refractivity contribution is -0.119. The molecule has 4 heterocycles. The minimum Gasteiger partial charge on any atom is -0.370 e. The zero-order valence-electron chi connectivity index (χ0n) is 20.6. The highest BCUT2D eigenvalue weighted by Crippen LogP contribution is 2.40. The van der Waals surface area contributed by atoms with Gasteiger partial charge in [0.15, 0.2) is 10.8 Å². The molecular formula is C26H31N5O2S2. The molecular weight excluding hydrogens is 478 g/mol. The molecule has 1 N–H and O–H groups in total.